The van der Waals surface area contributed by atoms with Gasteiger partial charge in [0.1, 0.15) is 6.04 Å². The van der Waals surface area contributed by atoms with E-state index in [1.807, 2.05) is 0 Å². The predicted octanol–water partition coefficient (Wildman–Crippen LogP) is 2.55. The van der Waals surface area contributed by atoms with Crippen LogP contribution < -0.4 is 11.1 Å². The van der Waals surface area contributed by atoms with Crippen molar-refractivity contribution < 1.29 is 18.4 Å². The zero-order chi connectivity index (χ0) is 17.0. The monoisotopic (exact) mass is 382 g/mol. The third-order valence-corrected chi connectivity index (χ3v) is 4.00. The Hall–Kier alpha value is -2.28. The molecule has 0 fully saturated rings. The van der Waals surface area contributed by atoms with E-state index in [0.717, 1.165) is 22.2 Å². The molecule has 2 aromatic carbocycles. The Morgan fingerprint density at radius 3 is 2.48 bits per heavy atom. The molecular weight excluding hydrogens is 370 g/mol. The minimum Gasteiger partial charge on any atom is -0.368 e. The van der Waals surface area contributed by atoms with E-state index >= 15 is 0 Å². The summed E-state index contributed by atoms with van der Waals surface area (Å²) >= 11 is 3.33. The maximum atomic E-state index is 13.6. The molecule has 0 aliphatic rings. The van der Waals surface area contributed by atoms with Crippen molar-refractivity contribution in [1.82, 2.24) is 5.32 Å². The zero-order valence-corrected chi connectivity index (χ0v) is 13.4. The lowest BCUT2D eigenvalue weighted by molar-refractivity contribution is -0.119. The van der Waals surface area contributed by atoms with E-state index in [9.17, 15) is 18.4 Å². The Morgan fingerprint density at radius 2 is 1.83 bits per heavy atom. The smallest absolute Gasteiger partial charge is 0.255 e. The molecule has 0 aliphatic carbocycles. The number of hydrogen-bond donors (Lipinski definition) is 2. The van der Waals surface area contributed by atoms with E-state index < -0.39 is 35.1 Å². The summed E-state index contributed by atoms with van der Waals surface area (Å²) < 4.78 is 27.6. The molecule has 0 aliphatic heterocycles. The second kappa shape index (κ2) is 7.32. The molecule has 0 spiro atoms. The molecule has 4 nitrogen and oxygen atoms in total. The summed E-state index contributed by atoms with van der Waals surface area (Å²) in [6.45, 7) is 0. The number of nitrogens with two attached hydrogens (primary N) is 1. The van der Waals surface area contributed by atoms with Gasteiger partial charge in [-0.1, -0.05) is 40.2 Å². The molecule has 0 aromatic heterocycles. The maximum Gasteiger partial charge on any atom is 0.255 e. The molecule has 2 aromatic rings. The largest absolute Gasteiger partial charge is 0.368 e. The highest BCUT2D eigenvalue weighted by Gasteiger charge is 2.23. The zero-order valence-electron chi connectivity index (χ0n) is 11.9. The first-order valence-electron chi connectivity index (χ1n) is 6.67. The standard InChI is InChI=1S/C16H13BrF2N2O2/c17-11-6-2-1-4-9(11)8-13(15(20)22)21-16(23)10-5-3-7-12(18)14(10)19/h1-7,13H,8H2,(H2,20,22)(H,21,23)/t13-/m1/s1. The fourth-order valence-corrected chi connectivity index (χ4v) is 2.47. The van der Waals surface area contributed by atoms with Crippen molar-refractivity contribution in [2.75, 3.05) is 0 Å². The second-order valence-corrected chi connectivity index (χ2v) is 5.68. The van der Waals surface area contributed by atoms with E-state index in [-0.39, 0.29) is 6.42 Å². The Labute approximate surface area is 139 Å². The molecule has 0 bridgehead atoms. The lowest BCUT2D eigenvalue weighted by atomic mass is 10.0. The Bertz CT molecular complexity index is 753. The number of amides is 2. The van der Waals surface area contributed by atoms with E-state index in [0.29, 0.717) is 0 Å². The van der Waals surface area contributed by atoms with Crippen LogP contribution in [0.1, 0.15) is 15.9 Å². The van der Waals surface area contributed by atoms with Crippen LogP contribution in [0.2, 0.25) is 0 Å². The lowest BCUT2D eigenvalue weighted by Crippen LogP contribution is -2.46. The van der Waals surface area contributed by atoms with Crippen molar-refractivity contribution in [1.29, 1.82) is 0 Å². The predicted molar refractivity (Wildman–Crippen MR) is 84.7 cm³/mol. The molecule has 0 heterocycles. The van der Waals surface area contributed by atoms with Crippen molar-refractivity contribution in [2.24, 2.45) is 5.73 Å². The number of rotatable bonds is 5. The average molecular weight is 383 g/mol. The van der Waals surface area contributed by atoms with Gasteiger partial charge in [0.15, 0.2) is 11.6 Å². The Morgan fingerprint density at radius 1 is 1.13 bits per heavy atom. The minimum atomic E-state index is -1.27. The van der Waals surface area contributed by atoms with Crippen LogP contribution in [0, 0.1) is 11.6 Å². The molecule has 0 radical (unpaired) electrons. The molecule has 120 valence electrons. The number of primary amides is 1. The van der Waals surface area contributed by atoms with Gasteiger partial charge in [0.2, 0.25) is 5.91 Å². The fraction of sp³-hybridized carbons (Fsp3) is 0.125. The number of nitrogens with one attached hydrogen (secondary N) is 1. The van der Waals surface area contributed by atoms with Crippen molar-refractivity contribution in [2.45, 2.75) is 12.5 Å². The summed E-state index contributed by atoms with van der Waals surface area (Å²) in [5, 5.41) is 2.34. The molecule has 2 rings (SSSR count). The van der Waals surface area contributed by atoms with Crippen LogP contribution in [-0.2, 0) is 11.2 Å². The van der Waals surface area contributed by atoms with Gasteiger partial charge >= 0.3 is 0 Å². The fourth-order valence-electron chi connectivity index (χ4n) is 2.02. The van der Waals surface area contributed by atoms with Gasteiger partial charge in [0, 0.05) is 10.9 Å². The molecule has 0 saturated carbocycles. The minimum absolute atomic E-state index is 0.124. The first kappa shape index (κ1) is 17.1. The van der Waals surface area contributed by atoms with E-state index in [2.05, 4.69) is 21.2 Å². The van der Waals surface area contributed by atoms with Gasteiger partial charge in [0.05, 0.1) is 5.56 Å². The van der Waals surface area contributed by atoms with Gasteiger partial charge in [-0.05, 0) is 23.8 Å². The number of hydrogen-bond acceptors (Lipinski definition) is 2. The summed E-state index contributed by atoms with van der Waals surface area (Å²) in [6, 6.07) is 9.29. The van der Waals surface area contributed by atoms with Crippen molar-refractivity contribution in [3.63, 3.8) is 0 Å². The van der Waals surface area contributed by atoms with Crippen LogP contribution in [0.15, 0.2) is 46.9 Å². The summed E-state index contributed by atoms with van der Waals surface area (Å²) in [5.74, 6) is -4.09. The van der Waals surface area contributed by atoms with Crippen LogP contribution in [0.4, 0.5) is 8.78 Å². The second-order valence-electron chi connectivity index (χ2n) is 4.83. The Balaban J connectivity index is 2.20. The molecule has 7 heteroatoms. The van der Waals surface area contributed by atoms with Gasteiger partial charge < -0.3 is 11.1 Å². The summed E-state index contributed by atoms with van der Waals surface area (Å²) in [6.07, 6.45) is 0.124. The third kappa shape index (κ3) is 4.13. The highest BCUT2D eigenvalue weighted by Crippen LogP contribution is 2.18. The van der Waals surface area contributed by atoms with E-state index in [1.165, 1.54) is 6.07 Å². The van der Waals surface area contributed by atoms with Crippen LogP contribution in [0.3, 0.4) is 0 Å². The Kier molecular flexibility index (Phi) is 5.44. The van der Waals surface area contributed by atoms with Crippen LogP contribution in [0.25, 0.3) is 0 Å². The maximum absolute atomic E-state index is 13.6. The topological polar surface area (TPSA) is 72.2 Å². The van der Waals surface area contributed by atoms with Crippen molar-refractivity contribution in [3.05, 3.63) is 69.7 Å². The van der Waals surface area contributed by atoms with E-state index in [1.54, 1.807) is 24.3 Å². The van der Waals surface area contributed by atoms with Crippen molar-refractivity contribution >= 4 is 27.7 Å². The quantitative estimate of drug-likeness (QED) is 0.833. The molecule has 0 unspecified atom stereocenters. The van der Waals surface area contributed by atoms with Crippen molar-refractivity contribution in [3.8, 4) is 0 Å². The van der Waals surface area contributed by atoms with Crippen LogP contribution in [-0.4, -0.2) is 17.9 Å². The average Bonchev–Trinajstić information content (AvgIpc) is 2.51. The number of carbonyl (C=O) groups excluding carboxylic acids is 2. The van der Waals surface area contributed by atoms with Crippen LogP contribution in [0.5, 0.6) is 0 Å². The van der Waals surface area contributed by atoms with Gasteiger partial charge in [-0.2, -0.15) is 0 Å². The van der Waals surface area contributed by atoms with Gasteiger partial charge in [0.25, 0.3) is 5.91 Å². The normalized spacial score (nSPS) is 11.8. The molecule has 1 atom stereocenters. The summed E-state index contributed by atoms with van der Waals surface area (Å²) in [7, 11) is 0. The van der Waals surface area contributed by atoms with Crippen LogP contribution >= 0.6 is 15.9 Å². The summed E-state index contributed by atoms with van der Waals surface area (Å²) in [5.41, 5.74) is 5.56. The first-order chi connectivity index (χ1) is 10.9. The highest BCUT2D eigenvalue weighted by molar-refractivity contribution is 9.10. The first-order valence-corrected chi connectivity index (χ1v) is 7.47. The third-order valence-electron chi connectivity index (χ3n) is 3.23. The molecule has 23 heavy (non-hydrogen) atoms. The van der Waals surface area contributed by atoms with Gasteiger partial charge in [-0.15, -0.1) is 0 Å². The lowest BCUT2D eigenvalue weighted by Gasteiger charge is -2.16. The molecule has 0 saturated heterocycles. The molecule has 2 amide bonds. The van der Waals surface area contributed by atoms with Gasteiger partial charge in [-0.25, -0.2) is 8.78 Å². The SMILES string of the molecule is NC(=O)[C@@H](Cc1ccccc1Br)NC(=O)c1cccc(F)c1F. The molecule has 3 N–H and O–H groups in total. The number of halogens is 3. The number of carbonyl (C=O) groups is 2. The summed E-state index contributed by atoms with van der Waals surface area (Å²) in [4.78, 5) is 23.6. The van der Waals surface area contributed by atoms with E-state index in [4.69, 9.17) is 5.73 Å². The molecular formula is C16H13BrF2N2O2. The number of benzene rings is 2. The highest BCUT2D eigenvalue weighted by atomic mass is 79.9. The van der Waals surface area contributed by atoms with Gasteiger partial charge in [-0.3, -0.25) is 9.59 Å².